The van der Waals surface area contributed by atoms with Crippen LogP contribution in [0.5, 0.6) is 0 Å². The highest BCUT2D eigenvalue weighted by atomic mass is 79.9. The average Bonchev–Trinajstić information content (AvgIpc) is 2.39. The van der Waals surface area contributed by atoms with E-state index in [1.165, 1.54) is 17.0 Å². The third kappa shape index (κ3) is 3.61. The Kier molecular flexibility index (Phi) is 4.69. The molecule has 1 fully saturated rings. The standard InChI is InChI=1S/C13H16BrFN2O3S/c1-8-7-17(4-3-16-8)13(18)10-5-9(14)6-11(12(10)15)21(2,19)20/h5-6,8,16H,3-4,7H2,1-2H3/t8-/m1/s1. The summed E-state index contributed by atoms with van der Waals surface area (Å²) in [6, 6.07) is 2.60. The van der Waals surface area contributed by atoms with Gasteiger partial charge >= 0.3 is 0 Å². The molecule has 0 unspecified atom stereocenters. The quantitative estimate of drug-likeness (QED) is 0.844. The zero-order valence-corrected chi connectivity index (χ0v) is 14.1. The number of rotatable bonds is 2. The summed E-state index contributed by atoms with van der Waals surface area (Å²) in [7, 11) is -3.74. The number of hydrogen-bond acceptors (Lipinski definition) is 4. The van der Waals surface area contributed by atoms with Crippen LogP contribution in [0.1, 0.15) is 17.3 Å². The molecule has 116 valence electrons. The van der Waals surface area contributed by atoms with Crippen molar-refractivity contribution in [2.45, 2.75) is 17.9 Å². The maximum absolute atomic E-state index is 14.4. The first-order valence-corrected chi connectivity index (χ1v) is 9.10. The normalized spacial score (nSPS) is 19.6. The largest absolute Gasteiger partial charge is 0.336 e. The van der Waals surface area contributed by atoms with Crippen molar-refractivity contribution < 1.29 is 17.6 Å². The van der Waals surface area contributed by atoms with E-state index < -0.39 is 26.5 Å². The molecule has 1 N–H and O–H groups in total. The number of nitrogens with zero attached hydrogens (tertiary/aromatic N) is 1. The molecule has 0 aliphatic carbocycles. The topological polar surface area (TPSA) is 66.5 Å². The molecule has 1 aromatic carbocycles. The van der Waals surface area contributed by atoms with Gasteiger partial charge in [-0.05, 0) is 19.1 Å². The number of piperazine rings is 1. The Balaban J connectivity index is 2.44. The van der Waals surface area contributed by atoms with Crippen LogP contribution in [0, 0.1) is 5.82 Å². The van der Waals surface area contributed by atoms with Crippen LogP contribution in [0.3, 0.4) is 0 Å². The number of hydrogen-bond donors (Lipinski definition) is 1. The third-order valence-electron chi connectivity index (χ3n) is 3.29. The smallest absolute Gasteiger partial charge is 0.257 e. The molecule has 0 saturated carbocycles. The minimum Gasteiger partial charge on any atom is -0.336 e. The monoisotopic (exact) mass is 378 g/mol. The van der Waals surface area contributed by atoms with Crippen LogP contribution in [0.15, 0.2) is 21.5 Å². The Labute approximate surface area is 131 Å². The number of halogens is 2. The Morgan fingerprint density at radius 3 is 2.71 bits per heavy atom. The Bertz CT molecular complexity index is 678. The summed E-state index contributed by atoms with van der Waals surface area (Å²) in [6.45, 7) is 3.47. The fourth-order valence-corrected chi connectivity index (χ4v) is 3.66. The summed E-state index contributed by atoms with van der Waals surface area (Å²) in [5.74, 6) is -1.48. The molecule has 1 amide bonds. The average molecular weight is 379 g/mol. The number of carbonyl (C=O) groups is 1. The van der Waals surface area contributed by atoms with Gasteiger partial charge in [-0.1, -0.05) is 15.9 Å². The van der Waals surface area contributed by atoms with E-state index in [0.29, 0.717) is 24.1 Å². The van der Waals surface area contributed by atoms with Gasteiger partial charge in [-0.25, -0.2) is 12.8 Å². The van der Waals surface area contributed by atoms with Gasteiger partial charge in [0.2, 0.25) is 0 Å². The van der Waals surface area contributed by atoms with E-state index in [-0.39, 0.29) is 11.6 Å². The maximum atomic E-state index is 14.4. The summed E-state index contributed by atoms with van der Waals surface area (Å²) in [5, 5.41) is 3.19. The van der Waals surface area contributed by atoms with Gasteiger partial charge in [0.1, 0.15) is 4.90 Å². The summed E-state index contributed by atoms with van der Waals surface area (Å²) < 4.78 is 38.0. The van der Waals surface area contributed by atoms with Crippen molar-refractivity contribution in [1.82, 2.24) is 10.2 Å². The molecule has 2 rings (SSSR count). The fourth-order valence-electron chi connectivity index (χ4n) is 2.28. The van der Waals surface area contributed by atoms with Crippen molar-refractivity contribution >= 4 is 31.7 Å². The second-order valence-electron chi connectivity index (χ2n) is 5.14. The molecule has 21 heavy (non-hydrogen) atoms. The van der Waals surface area contributed by atoms with E-state index in [1.807, 2.05) is 6.92 Å². The van der Waals surface area contributed by atoms with Crippen molar-refractivity contribution in [3.8, 4) is 0 Å². The summed E-state index contributed by atoms with van der Waals surface area (Å²) in [4.78, 5) is 13.5. The van der Waals surface area contributed by atoms with Crippen LogP contribution in [-0.4, -0.2) is 51.2 Å². The van der Waals surface area contributed by atoms with Gasteiger partial charge in [0.25, 0.3) is 5.91 Å². The van der Waals surface area contributed by atoms with Gasteiger partial charge in [0.15, 0.2) is 15.7 Å². The molecule has 1 heterocycles. The number of amides is 1. The number of sulfone groups is 1. The van der Waals surface area contributed by atoms with Crippen LogP contribution < -0.4 is 5.32 Å². The van der Waals surface area contributed by atoms with Gasteiger partial charge in [0.05, 0.1) is 5.56 Å². The van der Waals surface area contributed by atoms with Crippen molar-refractivity contribution in [1.29, 1.82) is 0 Å². The Morgan fingerprint density at radius 2 is 2.14 bits per heavy atom. The number of benzene rings is 1. The second-order valence-corrected chi connectivity index (χ2v) is 8.04. The molecule has 0 aromatic heterocycles. The molecule has 5 nitrogen and oxygen atoms in total. The van der Waals surface area contributed by atoms with E-state index in [4.69, 9.17) is 0 Å². The summed E-state index contributed by atoms with van der Waals surface area (Å²) in [6.07, 6.45) is 0.916. The van der Waals surface area contributed by atoms with Crippen LogP contribution in [0.4, 0.5) is 4.39 Å². The molecule has 1 aliphatic rings. The minimum atomic E-state index is -3.74. The fraction of sp³-hybridized carbons (Fsp3) is 0.462. The molecular formula is C13H16BrFN2O3S. The van der Waals surface area contributed by atoms with Gasteiger partial charge in [-0.3, -0.25) is 4.79 Å². The zero-order chi connectivity index (χ0) is 15.8. The molecular weight excluding hydrogens is 363 g/mol. The van der Waals surface area contributed by atoms with E-state index in [9.17, 15) is 17.6 Å². The molecule has 1 aromatic rings. The summed E-state index contributed by atoms with van der Waals surface area (Å²) in [5.41, 5.74) is -0.223. The first kappa shape index (κ1) is 16.4. The third-order valence-corrected chi connectivity index (χ3v) is 4.84. The second kappa shape index (κ2) is 6.02. The van der Waals surface area contributed by atoms with Gasteiger partial charge in [0, 0.05) is 36.4 Å². The van der Waals surface area contributed by atoms with Gasteiger partial charge in [-0.2, -0.15) is 0 Å². The van der Waals surface area contributed by atoms with E-state index >= 15 is 0 Å². The van der Waals surface area contributed by atoms with Gasteiger partial charge in [-0.15, -0.1) is 0 Å². The van der Waals surface area contributed by atoms with Crippen molar-refractivity contribution in [2.75, 3.05) is 25.9 Å². The van der Waals surface area contributed by atoms with E-state index in [2.05, 4.69) is 21.2 Å². The first-order valence-electron chi connectivity index (χ1n) is 6.42. The van der Waals surface area contributed by atoms with Crippen LogP contribution in [0.2, 0.25) is 0 Å². The molecule has 1 saturated heterocycles. The van der Waals surface area contributed by atoms with Crippen molar-refractivity contribution in [3.05, 3.63) is 28.0 Å². The van der Waals surface area contributed by atoms with Gasteiger partial charge < -0.3 is 10.2 Å². The Hall–Kier alpha value is -0.990. The lowest BCUT2D eigenvalue weighted by Gasteiger charge is -2.32. The SMILES string of the molecule is C[C@@H]1CN(C(=O)c2cc(Br)cc(S(C)(=O)=O)c2F)CCN1. The highest BCUT2D eigenvalue weighted by Gasteiger charge is 2.27. The first-order chi connectivity index (χ1) is 9.70. The van der Waals surface area contributed by atoms with Crippen LogP contribution >= 0.6 is 15.9 Å². The molecule has 0 bridgehead atoms. The van der Waals surface area contributed by atoms with E-state index in [1.54, 1.807) is 0 Å². The summed E-state index contributed by atoms with van der Waals surface area (Å²) >= 11 is 3.13. The molecule has 8 heteroatoms. The minimum absolute atomic E-state index is 0.118. The van der Waals surface area contributed by atoms with Crippen molar-refractivity contribution in [2.24, 2.45) is 0 Å². The molecule has 0 spiro atoms. The maximum Gasteiger partial charge on any atom is 0.257 e. The zero-order valence-electron chi connectivity index (χ0n) is 11.7. The lowest BCUT2D eigenvalue weighted by molar-refractivity contribution is 0.0703. The van der Waals surface area contributed by atoms with E-state index in [0.717, 1.165) is 6.26 Å². The lowest BCUT2D eigenvalue weighted by Crippen LogP contribution is -2.51. The highest BCUT2D eigenvalue weighted by molar-refractivity contribution is 9.10. The number of nitrogens with one attached hydrogen (secondary N) is 1. The number of carbonyl (C=O) groups excluding carboxylic acids is 1. The Morgan fingerprint density at radius 1 is 1.48 bits per heavy atom. The van der Waals surface area contributed by atoms with Crippen molar-refractivity contribution in [3.63, 3.8) is 0 Å². The van der Waals surface area contributed by atoms with Crippen LogP contribution in [0.25, 0.3) is 0 Å². The molecule has 1 atom stereocenters. The predicted molar refractivity (Wildman–Crippen MR) is 80.6 cm³/mol. The lowest BCUT2D eigenvalue weighted by atomic mass is 10.1. The predicted octanol–water partition coefficient (Wildman–Crippen LogP) is 1.43. The highest BCUT2D eigenvalue weighted by Crippen LogP contribution is 2.25. The van der Waals surface area contributed by atoms with Crippen LogP contribution in [-0.2, 0) is 9.84 Å². The molecule has 1 aliphatic heterocycles. The molecule has 0 radical (unpaired) electrons.